The summed E-state index contributed by atoms with van der Waals surface area (Å²) >= 11 is 0. The Morgan fingerprint density at radius 2 is 2.26 bits per heavy atom. The van der Waals surface area contributed by atoms with Crippen LogP contribution in [-0.4, -0.2) is 47.0 Å². The highest BCUT2D eigenvalue weighted by Crippen LogP contribution is 2.21. The molecule has 1 fully saturated rings. The molecule has 1 aromatic rings. The molecular weight excluding hydrogens is 296 g/mol. The van der Waals surface area contributed by atoms with Gasteiger partial charge in [0.15, 0.2) is 0 Å². The van der Waals surface area contributed by atoms with Crippen molar-refractivity contribution in [3.8, 4) is 0 Å². The first-order chi connectivity index (χ1) is 10.9. The van der Waals surface area contributed by atoms with Crippen molar-refractivity contribution >= 4 is 17.7 Å². The van der Waals surface area contributed by atoms with Gasteiger partial charge < -0.3 is 14.7 Å². The number of hydrogen-bond acceptors (Lipinski definition) is 5. The Kier molecular flexibility index (Phi) is 5.76. The summed E-state index contributed by atoms with van der Waals surface area (Å²) in [6, 6.07) is 1.57. The summed E-state index contributed by atoms with van der Waals surface area (Å²) in [5.41, 5.74) is 0.726. The fourth-order valence-electron chi connectivity index (χ4n) is 3.00. The van der Waals surface area contributed by atoms with Crippen LogP contribution in [0.25, 0.3) is 0 Å². The number of piperidine rings is 1. The van der Waals surface area contributed by atoms with Gasteiger partial charge in [0.2, 0.25) is 17.7 Å². The molecule has 0 aliphatic carbocycles. The number of likely N-dealkylation sites (tertiary alicyclic amines) is 1. The van der Waals surface area contributed by atoms with E-state index in [1.807, 2.05) is 11.8 Å². The maximum atomic E-state index is 12.2. The number of anilines is 1. The Bertz CT molecular complexity index is 557. The van der Waals surface area contributed by atoms with Crippen molar-refractivity contribution in [2.75, 3.05) is 18.4 Å². The van der Waals surface area contributed by atoms with Crippen molar-refractivity contribution in [1.82, 2.24) is 15.4 Å². The summed E-state index contributed by atoms with van der Waals surface area (Å²) in [7, 11) is 0. The van der Waals surface area contributed by atoms with Crippen LogP contribution in [0.4, 0.5) is 5.88 Å². The van der Waals surface area contributed by atoms with E-state index in [1.54, 1.807) is 19.9 Å². The molecule has 3 atom stereocenters. The molecule has 2 heterocycles. The van der Waals surface area contributed by atoms with Gasteiger partial charge in [-0.3, -0.25) is 14.9 Å². The lowest BCUT2D eigenvalue weighted by molar-refractivity contribution is -0.131. The van der Waals surface area contributed by atoms with Gasteiger partial charge in [0.05, 0.1) is 11.7 Å². The van der Waals surface area contributed by atoms with E-state index in [0.29, 0.717) is 11.8 Å². The second-order valence-electron chi connectivity index (χ2n) is 6.24. The lowest BCUT2D eigenvalue weighted by Crippen LogP contribution is -2.54. The lowest BCUT2D eigenvalue weighted by Gasteiger charge is -2.39. The number of carbonyl (C=O) groups excluding carboxylic acids is 2. The SMILES string of the molecule is CC[C@@H]1CN(C(C)=O)CC[C@H]1N[C@H](C)C(=O)Nc1cc(C)no1. The van der Waals surface area contributed by atoms with E-state index in [9.17, 15) is 9.59 Å². The molecule has 2 N–H and O–H groups in total. The number of aromatic nitrogens is 1. The predicted molar refractivity (Wildman–Crippen MR) is 86.9 cm³/mol. The minimum atomic E-state index is -0.344. The first-order valence-electron chi connectivity index (χ1n) is 8.16. The van der Waals surface area contributed by atoms with Crippen LogP contribution in [0.1, 0.15) is 39.3 Å². The van der Waals surface area contributed by atoms with Gasteiger partial charge in [0, 0.05) is 32.1 Å². The first kappa shape index (κ1) is 17.5. The number of rotatable bonds is 5. The summed E-state index contributed by atoms with van der Waals surface area (Å²) in [6.45, 7) is 8.84. The van der Waals surface area contributed by atoms with E-state index in [2.05, 4.69) is 22.7 Å². The first-order valence-corrected chi connectivity index (χ1v) is 8.16. The predicted octanol–water partition coefficient (Wildman–Crippen LogP) is 1.55. The minimum absolute atomic E-state index is 0.119. The number of amides is 2. The number of nitrogens with zero attached hydrogens (tertiary/aromatic N) is 2. The van der Waals surface area contributed by atoms with Crippen molar-refractivity contribution in [2.45, 2.75) is 52.6 Å². The van der Waals surface area contributed by atoms with Crippen LogP contribution in [0.2, 0.25) is 0 Å². The lowest BCUT2D eigenvalue weighted by atomic mass is 9.89. The van der Waals surface area contributed by atoms with Gasteiger partial charge in [-0.1, -0.05) is 18.5 Å². The Balaban J connectivity index is 1.89. The summed E-state index contributed by atoms with van der Waals surface area (Å²) in [5, 5.41) is 9.86. The molecule has 0 bridgehead atoms. The number of aryl methyl sites for hydroxylation is 1. The summed E-state index contributed by atoms with van der Waals surface area (Å²) < 4.78 is 5.00. The van der Waals surface area contributed by atoms with Crippen molar-refractivity contribution in [3.63, 3.8) is 0 Å². The van der Waals surface area contributed by atoms with Gasteiger partial charge in [0.25, 0.3) is 0 Å². The highest BCUT2D eigenvalue weighted by molar-refractivity contribution is 5.93. The third kappa shape index (κ3) is 4.54. The zero-order valence-electron chi connectivity index (χ0n) is 14.3. The Morgan fingerprint density at radius 1 is 1.52 bits per heavy atom. The quantitative estimate of drug-likeness (QED) is 0.859. The second kappa shape index (κ2) is 7.59. The van der Waals surface area contributed by atoms with Crippen LogP contribution in [0.3, 0.4) is 0 Å². The average molecular weight is 322 g/mol. The fourth-order valence-corrected chi connectivity index (χ4v) is 3.00. The molecule has 0 unspecified atom stereocenters. The van der Waals surface area contributed by atoms with Gasteiger partial charge in [0.1, 0.15) is 0 Å². The highest BCUT2D eigenvalue weighted by atomic mass is 16.5. The maximum Gasteiger partial charge on any atom is 0.243 e. The zero-order valence-corrected chi connectivity index (χ0v) is 14.3. The molecule has 2 rings (SSSR count). The van der Waals surface area contributed by atoms with E-state index in [4.69, 9.17) is 4.52 Å². The number of carbonyl (C=O) groups is 2. The summed E-state index contributed by atoms with van der Waals surface area (Å²) in [4.78, 5) is 25.6. The molecule has 128 valence electrons. The molecule has 0 spiro atoms. The van der Waals surface area contributed by atoms with Crippen LogP contribution in [0.5, 0.6) is 0 Å². The van der Waals surface area contributed by atoms with Crippen molar-refractivity contribution in [2.24, 2.45) is 5.92 Å². The smallest absolute Gasteiger partial charge is 0.243 e. The van der Waals surface area contributed by atoms with Crippen LogP contribution >= 0.6 is 0 Å². The van der Waals surface area contributed by atoms with E-state index in [1.165, 1.54) is 0 Å². The molecule has 7 nitrogen and oxygen atoms in total. The van der Waals surface area contributed by atoms with Crippen molar-refractivity contribution < 1.29 is 14.1 Å². The second-order valence-corrected chi connectivity index (χ2v) is 6.24. The molecule has 0 radical (unpaired) electrons. The highest BCUT2D eigenvalue weighted by Gasteiger charge is 2.31. The third-order valence-electron chi connectivity index (χ3n) is 4.44. The molecule has 1 aliphatic rings. The maximum absolute atomic E-state index is 12.2. The monoisotopic (exact) mass is 322 g/mol. The van der Waals surface area contributed by atoms with Crippen LogP contribution in [-0.2, 0) is 9.59 Å². The number of nitrogens with one attached hydrogen (secondary N) is 2. The molecule has 23 heavy (non-hydrogen) atoms. The van der Waals surface area contributed by atoms with Gasteiger partial charge in [-0.05, 0) is 26.2 Å². The summed E-state index contributed by atoms with van der Waals surface area (Å²) in [6.07, 6.45) is 1.83. The third-order valence-corrected chi connectivity index (χ3v) is 4.44. The van der Waals surface area contributed by atoms with Crippen molar-refractivity contribution in [3.05, 3.63) is 11.8 Å². The molecule has 0 saturated carbocycles. The van der Waals surface area contributed by atoms with E-state index in [-0.39, 0.29) is 23.9 Å². The molecule has 1 aromatic heterocycles. The summed E-state index contributed by atoms with van der Waals surface area (Å²) in [5.74, 6) is 0.688. The van der Waals surface area contributed by atoms with Gasteiger partial charge in [-0.25, -0.2) is 0 Å². The molecular formula is C16H26N4O3. The zero-order chi connectivity index (χ0) is 17.0. The Morgan fingerprint density at radius 3 is 2.83 bits per heavy atom. The van der Waals surface area contributed by atoms with Crippen LogP contribution in [0.15, 0.2) is 10.6 Å². The standard InChI is InChI=1S/C16H26N4O3/c1-5-13-9-20(12(4)21)7-6-14(13)17-11(3)16(22)18-15-8-10(2)19-23-15/h8,11,13-14,17H,5-7,9H2,1-4H3,(H,18,22)/t11-,13-,14-/m1/s1. The van der Waals surface area contributed by atoms with E-state index < -0.39 is 0 Å². The Hall–Kier alpha value is -1.89. The number of hydrogen-bond donors (Lipinski definition) is 2. The topological polar surface area (TPSA) is 87.5 Å². The molecule has 1 saturated heterocycles. The van der Waals surface area contributed by atoms with E-state index in [0.717, 1.165) is 31.6 Å². The molecule has 1 aliphatic heterocycles. The Labute approximate surface area is 136 Å². The van der Waals surface area contributed by atoms with Crippen LogP contribution < -0.4 is 10.6 Å². The normalized spacial score (nSPS) is 22.7. The van der Waals surface area contributed by atoms with Crippen LogP contribution in [0, 0.1) is 12.8 Å². The van der Waals surface area contributed by atoms with Gasteiger partial charge in [-0.2, -0.15) is 0 Å². The molecule has 2 amide bonds. The average Bonchev–Trinajstić information content (AvgIpc) is 2.92. The fraction of sp³-hybridized carbons (Fsp3) is 0.688. The molecule has 0 aromatic carbocycles. The molecule has 7 heteroatoms. The van der Waals surface area contributed by atoms with Gasteiger partial charge >= 0.3 is 0 Å². The van der Waals surface area contributed by atoms with E-state index >= 15 is 0 Å². The minimum Gasteiger partial charge on any atom is -0.343 e. The van der Waals surface area contributed by atoms with Crippen molar-refractivity contribution in [1.29, 1.82) is 0 Å². The largest absolute Gasteiger partial charge is 0.343 e. The van der Waals surface area contributed by atoms with Gasteiger partial charge in [-0.15, -0.1) is 0 Å².